The van der Waals surface area contributed by atoms with Crippen molar-refractivity contribution < 1.29 is 9.59 Å². The van der Waals surface area contributed by atoms with Gasteiger partial charge in [-0.3, -0.25) is 4.79 Å². The minimum absolute atomic E-state index is 0.218. The van der Waals surface area contributed by atoms with Crippen LogP contribution in [0.1, 0.15) is 78.6 Å². The topological polar surface area (TPSA) is 34.1 Å². The fourth-order valence-electron chi connectivity index (χ4n) is 8.04. The van der Waals surface area contributed by atoms with Gasteiger partial charge in [0.2, 0.25) is 0 Å². The molecule has 4 rings (SSSR count). The van der Waals surface area contributed by atoms with Crippen molar-refractivity contribution in [2.24, 2.45) is 46.3 Å². The molecular formula is C22H34O2. The van der Waals surface area contributed by atoms with E-state index in [1.807, 2.05) is 0 Å². The molecule has 0 bridgehead atoms. The van der Waals surface area contributed by atoms with E-state index >= 15 is 0 Å². The van der Waals surface area contributed by atoms with Crippen LogP contribution < -0.4 is 0 Å². The summed E-state index contributed by atoms with van der Waals surface area (Å²) in [6.45, 7) is 7.16. The largest absolute Gasteiger partial charge is 0.303 e. The Morgan fingerprint density at radius 1 is 1.00 bits per heavy atom. The molecule has 0 aromatic heterocycles. The molecular weight excluding hydrogens is 296 g/mol. The number of fused-ring (bicyclic) bond motifs is 5. The van der Waals surface area contributed by atoms with Crippen molar-refractivity contribution in [3.63, 3.8) is 0 Å². The van der Waals surface area contributed by atoms with Gasteiger partial charge in [-0.2, -0.15) is 0 Å². The third-order valence-electron chi connectivity index (χ3n) is 9.40. The summed E-state index contributed by atoms with van der Waals surface area (Å²) in [5.41, 5.74) is 0.793. The van der Waals surface area contributed by atoms with Crippen LogP contribution in [0.3, 0.4) is 0 Å². The Morgan fingerprint density at radius 3 is 2.50 bits per heavy atom. The fourth-order valence-corrected chi connectivity index (χ4v) is 8.04. The molecule has 8 atom stereocenters. The third-order valence-corrected chi connectivity index (χ3v) is 9.40. The lowest BCUT2D eigenvalue weighted by Crippen LogP contribution is -2.53. The van der Waals surface area contributed by atoms with Crippen LogP contribution >= 0.6 is 0 Å². The predicted octanol–water partition coefficient (Wildman–Crippen LogP) is 5.05. The Bertz CT molecular complexity index is 540. The van der Waals surface area contributed by atoms with Crippen molar-refractivity contribution in [2.75, 3.05) is 0 Å². The highest BCUT2D eigenvalue weighted by Gasteiger charge is 2.60. The molecule has 4 aliphatic carbocycles. The molecule has 4 fully saturated rings. The molecule has 0 spiro atoms. The summed E-state index contributed by atoms with van der Waals surface area (Å²) in [5.74, 6) is 4.47. The summed E-state index contributed by atoms with van der Waals surface area (Å²) >= 11 is 0. The van der Waals surface area contributed by atoms with Gasteiger partial charge in [-0.05, 0) is 85.4 Å². The summed E-state index contributed by atoms with van der Waals surface area (Å²) < 4.78 is 0. The number of Topliss-reactive ketones (excluding diaryl/α,β-unsaturated/α-hetero) is 1. The molecule has 0 N–H and O–H groups in total. The SMILES string of the molecule is CC(C=O)[C@H]1CC[C@H]2[C@@H]3CCC4CC(=O)CC[C@]4(C)[C@H]3CC[C@]12C. The van der Waals surface area contributed by atoms with E-state index in [1.165, 1.54) is 44.8 Å². The van der Waals surface area contributed by atoms with Gasteiger partial charge in [0, 0.05) is 18.8 Å². The maximum Gasteiger partial charge on any atom is 0.133 e. The minimum Gasteiger partial charge on any atom is -0.303 e. The van der Waals surface area contributed by atoms with Crippen molar-refractivity contribution in [3.05, 3.63) is 0 Å². The maximum atomic E-state index is 12.0. The number of aldehydes is 1. The summed E-state index contributed by atoms with van der Waals surface area (Å²) in [5, 5.41) is 0. The quantitative estimate of drug-likeness (QED) is 0.664. The van der Waals surface area contributed by atoms with E-state index in [9.17, 15) is 9.59 Å². The molecule has 134 valence electrons. The zero-order chi connectivity index (χ0) is 17.1. The lowest BCUT2D eigenvalue weighted by atomic mass is 9.44. The standard InChI is InChI=1S/C22H34O2/c1-14(13-23)18-6-7-19-17-5-4-15-12-16(24)8-10-21(15,2)20(17)9-11-22(18,19)3/h13-15,17-20H,4-12H2,1-3H3/t14?,15?,17-,18+,19-,20-,21-,22+/m0/s1. The smallest absolute Gasteiger partial charge is 0.133 e. The van der Waals surface area contributed by atoms with Crippen LogP contribution in [0.15, 0.2) is 0 Å². The first-order valence-corrected chi connectivity index (χ1v) is 10.4. The van der Waals surface area contributed by atoms with Gasteiger partial charge in [-0.1, -0.05) is 20.8 Å². The number of ketones is 1. The summed E-state index contributed by atoms with van der Waals surface area (Å²) in [4.78, 5) is 23.4. The zero-order valence-corrected chi connectivity index (χ0v) is 15.7. The molecule has 0 aromatic carbocycles. The van der Waals surface area contributed by atoms with Gasteiger partial charge in [-0.25, -0.2) is 0 Å². The van der Waals surface area contributed by atoms with Gasteiger partial charge in [0.1, 0.15) is 12.1 Å². The highest BCUT2D eigenvalue weighted by molar-refractivity contribution is 5.79. The number of hydrogen-bond donors (Lipinski definition) is 0. The molecule has 0 saturated heterocycles. The van der Waals surface area contributed by atoms with E-state index in [0.717, 1.165) is 37.0 Å². The van der Waals surface area contributed by atoms with Crippen molar-refractivity contribution >= 4 is 12.1 Å². The first kappa shape index (κ1) is 16.8. The van der Waals surface area contributed by atoms with Crippen LogP contribution in [0.4, 0.5) is 0 Å². The molecule has 4 saturated carbocycles. The minimum atomic E-state index is 0.218. The number of carbonyl (C=O) groups excluding carboxylic acids is 2. The number of rotatable bonds is 2. The Balaban J connectivity index is 1.61. The Kier molecular flexibility index (Phi) is 3.97. The van der Waals surface area contributed by atoms with Crippen LogP contribution in [0.25, 0.3) is 0 Å². The van der Waals surface area contributed by atoms with Gasteiger partial charge in [0.05, 0.1) is 0 Å². The fraction of sp³-hybridized carbons (Fsp3) is 0.909. The van der Waals surface area contributed by atoms with Crippen LogP contribution in [0.5, 0.6) is 0 Å². The second-order valence-corrected chi connectivity index (χ2v) is 10.1. The molecule has 0 heterocycles. The lowest BCUT2D eigenvalue weighted by Gasteiger charge is -2.60. The number of hydrogen-bond acceptors (Lipinski definition) is 2. The molecule has 0 amide bonds. The third kappa shape index (κ3) is 2.20. The van der Waals surface area contributed by atoms with Gasteiger partial charge in [-0.15, -0.1) is 0 Å². The highest BCUT2D eigenvalue weighted by Crippen LogP contribution is 2.67. The summed E-state index contributed by atoms with van der Waals surface area (Å²) in [7, 11) is 0. The first-order valence-electron chi connectivity index (χ1n) is 10.4. The van der Waals surface area contributed by atoms with Gasteiger partial charge in [0.15, 0.2) is 0 Å². The van der Waals surface area contributed by atoms with E-state index in [2.05, 4.69) is 20.8 Å². The second kappa shape index (κ2) is 5.68. The van der Waals surface area contributed by atoms with E-state index < -0.39 is 0 Å². The molecule has 0 aromatic rings. The number of carbonyl (C=O) groups is 2. The molecule has 2 heteroatoms. The molecule has 0 radical (unpaired) electrons. The highest BCUT2D eigenvalue weighted by atomic mass is 16.1. The van der Waals surface area contributed by atoms with E-state index in [-0.39, 0.29) is 5.92 Å². The summed E-state index contributed by atoms with van der Waals surface area (Å²) in [6.07, 6.45) is 11.8. The van der Waals surface area contributed by atoms with E-state index in [0.29, 0.717) is 28.4 Å². The molecule has 0 aliphatic heterocycles. The second-order valence-electron chi connectivity index (χ2n) is 10.1. The van der Waals surface area contributed by atoms with E-state index in [1.54, 1.807) is 0 Å². The monoisotopic (exact) mass is 330 g/mol. The first-order chi connectivity index (χ1) is 11.4. The van der Waals surface area contributed by atoms with Crippen molar-refractivity contribution in [3.8, 4) is 0 Å². The Hall–Kier alpha value is -0.660. The Labute approximate surface area is 147 Å². The van der Waals surface area contributed by atoms with Crippen LogP contribution in [0, 0.1) is 46.3 Å². The molecule has 4 aliphatic rings. The molecule has 2 nitrogen and oxygen atoms in total. The van der Waals surface area contributed by atoms with Crippen LogP contribution in [0.2, 0.25) is 0 Å². The van der Waals surface area contributed by atoms with Gasteiger partial charge in [0.25, 0.3) is 0 Å². The van der Waals surface area contributed by atoms with Crippen molar-refractivity contribution in [1.29, 1.82) is 0 Å². The molecule has 2 unspecified atom stereocenters. The van der Waals surface area contributed by atoms with Gasteiger partial charge < -0.3 is 4.79 Å². The average molecular weight is 331 g/mol. The van der Waals surface area contributed by atoms with Crippen LogP contribution in [-0.4, -0.2) is 12.1 Å². The van der Waals surface area contributed by atoms with Crippen molar-refractivity contribution in [1.82, 2.24) is 0 Å². The van der Waals surface area contributed by atoms with E-state index in [4.69, 9.17) is 0 Å². The summed E-state index contributed by atoms with van der Waals surface area (Å²) in [6, 6.07) is 0. The average Bonchev–Trinajstić information content (AvgIpc) is 2.92. The van der Waals surface area contributed by atoms with Crippen molar-refractivity contribution in [2.45, 2.75) is 78.6 Å². The van der Waals surface area contributed by atoms with Crippen LogP contribution in [-0.2, 0) is 9.59 Å². The lowest BCUT2D eigenvalue weighted by molar-refractivity contribution is -0.140. The predicted molar refractivity (Wildman–Crippen MR) is 95.5 cm³/mol. The van der Waals surface area contributed by atoms with Gasteiger partial charge >= 0.3 is 0 Å². The molecule has 24 heavy (non-hydrogen) atoms. The normalized spacial score (nSPS) is 52.1. The zero-order valence-electron chi connectivity index (χ0n) is 15.7. The maximum absolute atomic E-state index is 12.0. The Morgan fingerprint density at radius 2 is 1.75 bits per heavy atom.